The number of hydrogen-bond acceptors (Lipinski definition) is 3. The van der Waals surface area contributed by atoms with E-state index in [0.29, 0.717) is 19.8 Å². The molecule has 66 valence electrons. The molecule has 6 heteroatoms. The van der Waals surface area contributed by atoms with E-state index in [0.717, 1.165) is 6.54 Å². The first-order chi connectivity index (χ1) is 5.17. The molecule has 0 aromatic heterocycles. The van der Waals surface area contributed by atoms with Crippen molar-refractivity contribution >= 4 is 10.2 Å². The van der Waals surface area contributed by atoms with E-state index in [4.69, 9.17) is 0 Å². The van der Waals surface area contributed by atoms with E-state index >= 15 is 0 Å². The van der Waals surface area contributed by atoms with E-state index in [1.807, 2.05) is 0 Å². The van der Waals surface area contributed by atoms with Gasteiger partial charge in [0, 0.05) is 19.6 Å². The maximum atomic E-state index is 11.2. The smallest absolute Gasteiger partial charge is 0.280 e. The average Bonchev–Trinajstić information content (AvgIpc) is 2.37. The van der Waals surface area contributed by atoms with E-state index in [1.165, 1.54) is 4.31 Å². The first-order valence-electron chi connectivity index (χ1n) is 3.62. The minimum absolute atomic E-state index is 0.426. The zero-order valence-corrected chi connectivity index (χ0v) is 7.32. The molecule has 0 aromatic carbocycles. The van der Waals surface area contributed by atoms with Crippen molar-refractivity contribution in [1.29, 1.82) is 0 Å². The zero-order chi connectivity index (χ0) is 8.32. The standard InChI is InChI=1S/C5H13N3O2S/c1-2-7-11(9,10)8-4-3-6-5-8/h6-7H,2-5H2,1H3. The molecular weight excluding hydrogens is 166 g/mol. The van der Waals surface area contributed by atoms with Gasteiger partial charge in [0.1, 0.15) is 0 Å². The predicted octanol–water partition coefficient (Wildman–Crippen LogP) is -1.30. The molecule has 0 aromatic rings. The van der Waals surface area contributed by atoms with E-state index in [9.17, 15) is 8.42 Å². The van der Waals surface area contributed by atoms with Gasteiger partial charge in [-0.05, 0) is 0 Å². The van der Waals surface area contributed by atoms with Gasteiger partial charge in [-0.1, -0.05) is 6.92 Å². The van der Waals surface area contributed by atoms with Crippen LogP contribution < -0.4 is 10.0 Å². The van der Waals surface area contributed by atoms with Crippen LogP contribution >= 0.6 is 0 Å². The summed E-state index contributed by atoms with van der Waals surface area (Å²) in [5, 5.41) is 2.94. The molecule has 1 aliphatic heterocycles. The minimum Gasteiger partial charge on any atom is -0.302 e. The van der Waals surface area contributed by atoms with Crippen LogP contribution in [0.1, 0.15) is 6.92 Å². The lowest BCUT2D eigenvalue weighted by atomic mass is 10.7. The van der Waals surface area contributed by atoms with Gasteiger partial charge in [-0.2, -0.15) is 12.7 Å². The highest BCUT2D eigenvalue weighted by atomic mass is 32.2. The van der Waals surface area contributed by atoms with Gasteiger partial charge < -0.3 is 5.32 Å². The second-order valence-corrected chi connectivity index (χ2v) is 4.09. The van der Waals surface area contributed by atoms with Gasteiger partial charge in [0.05, 0.1) is 6.67 Å². The predicted molar refractivity (Wildman–Crippen MR) is 42.2 cm³/mol. The molecule has 11 heavy (non-hydrogen) atoms. The molecule has 0 amide bonds. The van der Waals surface area contributed by atoms with Gasteiger partial charge in [-0.15, -0.1) is 0 Å². The highest BCUT2D eigenvalue weighted by Gasteiger charge is 2.23. The van der Waals surface area contributed by atoms with Crippen molar-refractivity contribution in [3.63, 3.8) is 0 Å². The van der Waals surface area contributed by atoms with Crippen LogP contribution in [0.25, 0.3) is 0 Å². The first-order valence-corrected chi connectivity index (χ1v) is 5.06. The summed E-state index contributed by atoms with van der Waals surface area (Å²) in [5.41, 5.74) is 0. The molecule has 0 spiro atoms. The third-order valence-electron chi connectivity index (χ3n) is 1.49. The second-order valence-electron chi connectivity index (χ2n) is 2.34. The van der Waals surface area contributed by atoms with Crippen LogP contribution in [-0.2, 0) is 10.2 Å². The number of nitrogens with one attached hydrogen (secondary N) is 2. The monoisotopic (exact) mass is 179 g/mol. The fraction of sp³-hybridized carbons (Fsp3) is 1.00. The van der Waals surface area contributed by atoms with Crippen molar-refractivity contribution in [3.8, 4) is 0 Å². The largest absolute Gasteiger partial charge is 0.302 e. The van der Waals surface area contributed by atoms with Crippen LogP contribution in [0, 0.1) is 0 Å². The molecule has 0 aliphatic carbocycles. The van der Waals surface area contributed by atoms with Crippen molar-refractivity contribution in [1.82, 2.24) is 14.3 Å². The Balaban J connectivity index is 2.56. The quantitative estimate of drug-likeness (QED) is 0.566. The Kier molecular flexibility index (Phi) is 2.83. The third kappa shape index (κ3) is 2.13. The van der Waals surface area contributed by atoms with Gasteiger partial charge in [0.15, 0.2) is 0 Å². The molecule has 1 saturated heterocycles. The summed E-state index contributed by atoms with van der Waals surface area (Å²) in [4.78, 5) is 0. The minimum atomic E-state index is -3.19. The Morgan fingerprint density at radius 2 is 2.36 bits per heavy atom. The van der Waals surface area contributed by atoms with Gasteiger partial charge >= 0.3 is 0 Å². The zero-order valence-electron chi connectivity index (χ0n) is 6.50. The lowest BCUT2D eigenvalue weighted by molar-refractivity contribution is 0.463. The molecule has 0 radical (unpaired) electrons. The fourth-order valence-electron chi connectivity index (χ4n) is 0.965. The van der Waals surface area contributed by atoms with E-state index < -0.39 is 10.2 Å². The Morgan fingerprint density at radius 1 is 1.64 bits per heavy atom. The Hall–Kier alpha value is -0.170. The van der Waals surface area contributed by atoms with Gasteiger partial charge in [-0.3, -0.25) is 0 Å². The second kappa shape index (κ2) is 3.48. The van der Waals surface area contributed by atoms with Crippen molar-refractivity contribution in [2.45, 2.75) is 6.92 Å². The lowest BCUT2D eigenvalue weighted by Crippen LogP contribution is -2.39. The molecule has 1 aliphatic rings. The van der Waals surface area contributed by atoms with Crippen LogP contribution in [-0.4, -0.2) is 39.0 Å². The molecule has 0 bridgehead atoms. The first kappa shape index (κ1) is 8.92. The van der Waals surface area contributed by atoms with Crippen molar-refractivity contribution in [3.05, 3.63) is 0 Å². The van der Waals surface area contributed by atoms with E-state index in [-0.39, 0.29) is 0 Å². The summed E-state index contributed by atoms with van der Waals surface area (Å²) in [6, 6.07) is 0. The summed E-state index contributed by atoms with van der Waals surface area (Å²) >= 11 is 0. The van der Waals surface area contributed by atoms with Crippen molar-refractivity contribution in [2.24, 2.45) is 0 Å². The van der Waals surface area contributed by atoms with Crippen LogP contribution in [0.2, 0.25) is 0 Å². The van der Waals surface area contributed by atoms with Crippen molar-refractivity contribution < 1.29 is 8.42 Å². The van der Waals surface area contributed by atoms with Gasteiger partial charge in [-0.25, -0.2) is 4.72 Å². The summed E-state index contributed by atoms with van der Waals surface area (Å²) in [5.74, 6) is 0. The molecular formula is C5H13N3O2S. The topological polar surface area (TPSA) is 61.4 Å². The molecule has 5 nitrogen and oxygen atoms in total. The molecule has 1 heterocycles. The lowest BCUT2D eigenvalue weighted by Gasteiger charge is -2.13. The highest BCUT2D eigenvalue weighted by Crippen LogP contribution is 1.98. The molecule has 2 N–H and O–H groups in total. The van der Waals surface area contributed by atoms with Gasteiger partial charge in [0.2, 0.25) is 0 Å². The van der Waals surface area contributed by atoms with Crippen LogP contribution in [0.15, 0.2) is 0 Å². The maximum Gasteiger partial charge on any atom is 0.280 e. The fourth-order valence-corrected chi connectivity index (χ4v) is 2.11. The molecule has 1 fully saturated rings. The molecule has 0 unspecified atom stereocenters. The SMILES string of the molecule is CCNS(=O)(=O)N1CCNC1. The summed E-state index contributed by atoms with van der Waals surface area (Å²) in [6.07, 6.45) is 0. The van der Waals surface area contributed by atoms with Crippen LogP contribution in [0.4, 0.5) is 0 Å². The number of rotatable bonds is 3. The van der Waals surface area contributed by atoms with Gasteiger partial charge in [0.25, 0.3) is 10.2 Å². The Bertz CT molecular complexity index is 208. The Labute approximate surface area is 66.9 Å². The molecule has 1 rings (SSSR count). The number of nitrogens with zero attached hydrogens (tertiary/aromatic N) is 1. The normalized spacial score (nSPS) is 20.8. The number of hydrogen-bond donors (Lipinski definition) is 2. The third-order valence-corrected chi connectivity index (χ3v) is 3.14. The average molecular weight is 179 g/mol. The molecule has 0 saturated carbocycles. The molecule has 0 atom stereocenters. The maximum absolute atomic E-state index is 11.2. The summed E-state index contributed by atoms with van der Waals surface area (Å²) < 4.78 is 26.2. The summed E-state index contributed by atoms with van der Waals surface area (Å²) in [6.45, 7) is 3.94. The van der Waals surface area contributed by atoms with E-state index in [1.54, 1.807) is 6.92 Å². The van der Waals surface area contributed by atoms with Crippen LogP contribution in [0.5, 0.6) is 0 Å². The summed E-state index contributed by atoms with van der Waals surface area (Å²) in [7, 11) is -3.19. The Morgan fingerprint density at radius 3 is 2.82 bits per heavy atom. The van der Waals surface area contributed by atoms with Crippen molar-refractivity contribution in [2.75, 3.05) is 26.3 Å². The highest BCUT2D eigenvalue weighted by molar-refractivity contribution is 7.87. The van der Waals surface area contributed by atoms with E-state index in [2.05, 4.69) is 10.0 Å². The van der Waals surface area contributed by atoms with Crippen LogP contribution in [0.3, 0.4) is 0 Å².